The number of benzene rings is 1. The van der Waals surface area contributed by atoms with Gasteiger partial charge in [0, 0.05) is 6.07 Å². The Morgan fingerprint density at radius 3 is 2.75 bits per heavy atom. The molecule has 1 aromatic rings. The molecule has 0 aliphatic carbocycles. The van der Waals surface area contributed by atoms with Crippen molar-refractivity contribution in [1.82, 2.24) is 0 Å². The molecule has 1 N–H and O–H groups in total. The lowest BCUT2D eigenvalue weighted by molar-refractivity contribution is 0.112. The number of hydrogen-bond donors (Lipinski definition) is 1. The second-order valence-corrected chi connectivity index (χ2v) is 2.57. The van der Waals surface area contributed by atoms with Crippen LogP contribution in [0, 0.1) is 0 Å². The summed E-state index contributed by atoms with van der Waals surface area (Å²) in [5.74, 6) is 0.214. The molecule has 0 spiro atoms. The second-order valence-electron chi connectivity index (χ2n) is 2.16. The molecular formula is C8H7ClO3. The molecule has 0 fully saturated rings. The van der Waals surface area contributed by atoms with Crippen LogP contribution >= 0.6 is 11.6 Å². The monoisotopic (exact) mass is 186 g/mol. The number of phenols is 1. The topological polar surface area (TPSA) is 46.5 Å². The van der Waals surface area contributed by atoms with Gasteiger partial charge in [0.1, 0.15) is 11.5 Å². The molecule has 12 heavy (non-hydrogen) atoms. The average Bonchev–Trinajstić information content (AvgIpc) is 2.09. The Balaban J connectivity index is 3.28. The summed E-state index contributed by atoms with van der Waals surface area (Å²) in [6.45, 7) is 0. The number of rotatable bonds is 2. The third-order valence-electron chi connectivity index (χ3n) is 1.43. The van der Waals surface area contributed by atoms with Gasteiger partial charge in [-0.25, -0.2) is 0 Å². The SMILES string of the molecule is COc1cc(O)c(Cl)cc1C=O. The van der Waals surface area contributed by atoms with Crippen LogP contribution in [-0.2, 0) is 0 Å². The van der Waals surface area contributed by atoms with Crippen molar-refractivity contribution in [3.05, 3.63) is 22.7 Å². The van der Waals surface area contributed by atoms with Crippen molar-refractivity contribution in [3.63, 3.8) is 0 Å². The van der Waals surface area contributed by atoms with Crippen LogP contribution in [0.2, 0.25) is 5.02 Å². The van der Waals surface area contributed by atoms with Crippen molar-refractivity contribution < 1.29 is 14.6 Å². The molecule has 0 bridgehead atoms. The zero-order valence-electron chi connectivity index (χ0n) is 6.37. The maximum Gasteiger partial charge on any atom is 0.153 e. The first-order valence-corrected chi connectivity index (χ1v) is 3.58. The lowest BCUT2D eigenvalue weighted by atomic mass is 10.2. The maximum absolute atomic E-state index is 10.4. The van der Waals surface area contributed by atoms with Crippen LogP contribution in [0.1, 0.15) is 10.4 Å². The van der Waals surface area contributed by atoms with Crippen LogP contribution in [0.3, 0.4) is 0 Å². The summed E-state index contributed by atoms with van der Waals surface area (Å²) in [5.41, 5.74) is 0.320. The van der Waals surface area contributed by atoms with E-state index in [0.717, 1.165) is 0 Å². The Morgan fingerprint density at radius 1 is 1.58 bits per heavy atom. The fraction of sp³-hybridized carbons (Fsp3) is 0.125. The van der Waals surface area contributed by atoms with E-state index in [1.807, 2.05) is 0 Å². The largest absolute Gasteiger partial charge is 0.506 e. The highest BCUT2D eigenvalue weighted by molar-refractivity contribution is 6.32. The summed E-state index contributed by atoms with van der Waals surface area (Å²) in [4.78, 5) is 10.4. The predicted molar refractivity (Wildman–Crippen MR) is 45.1 cm³/mol. The van der Waals surface area contributed by atoms with Crippen LogP contribution in [0.25, 0.3) is 0 Å². The Kier molecular flexibility index (Phi) is 2.55. The van der Waals surface area contributed by atoms with E-state index in [0.29, 0.717) is 17.6 Å². The molecule has 3 nitrogen and oxygen atoms in total. The summed E-state index contributed by atoms with van der Waals surface area (Å²) >= 11 is 5.56. The van der Waals surface area contributed by atoms with Crippen molar-refractivity contribution in [2.45, 2.75) is 0 Å². The van der Waals surface area contributed by atoms with Crippen LogP contribution in [0.5, 0.6) is 11.5 Å². The lowest BCUT2D eigenvalue weighted by Crippen LogP contribution is -1.89. The minimum Gasteiger partial charge on any atom is -0.506 e. The van der Waals surface area contributed by atoms with Crippen LogP contribution < -0.4 is 4.74 Å². The summed E-state index contributed by atoms with van der Waals surface area (Å²) in [6.07, 6.45) is 0.615. The molecule has 0 amide bonds. The molecular weight excluding hydrogens is 180 g/mol. The van der Waals surface area contributed by atoms with Gasteiger partial charge in [0.25, 0.3) is 0 Å². The summed E-state index contributed by atoms with van der Waals surface area (Å²) in [5, 5.41) is 9.26. The maximum atomic E-state index is 10.4. The van der Waals surface area contributed by atoms with E-state index in [2.05, 4.69) is 0 Å². The first kappa shape index (κ1) is 8.87. The molecule has 0 aliphatic rings. The van der Waals surface area contributed by atoms with E-state index in [9.17, 15) is 4.79 Å². The average molecular weight is 187 g/mol. The summed E-state index contributed by atoms with van der Waals surface area (Å²) in [7, 11) is 1.41. The zero-order chi connectivity index (χ0) is 9.14. The molecule has 0 atom stereocenters. The van der Waals surface area contributed by atoms with E-state index in [-0.39, 0.29) is 10.8 Å². The summed E-state index contributed by atoms with van der Waals surface area (Å²) in [6, 6.07) is 2.65. The van der Waals surface area contributed by atoms with Gasteiger partial charge in [0.05, 0.1) is 17.7 Å². The molecule has 4 heteroatoms. The molecule has 0 radical (unpaired) electrons. The summed E-state index contributed by atoms with van der Waals surface area (Å²) < 4.78 is 4.82. The highest BCUT2D eigenvalue weighted by Crippen LogP contribution is 2.30. The molecule has 0 heterocycles. The van der Waals surface area contributed by atoms with Gasteiger partial charge >= 0.3 is 0 Å². The van der Waals surface area contributed by atoms with Crippen molar-refractivity contribution >= 4 is 17.9 Å². The van der Waals surface area contributed by atoms with Crippen molar-refractivity contribution in [2.75, 3.05) is 7.11 Å². The standard InChI is InChI=1S/C8H7ClO3/c1-12-8-3-7(11)6(9)2-5(8)4-10/h2-4,11H,1H3. The predicted octanol–water partition coefficient (Wildman–Crippen LogP) is 1.87. The molecule has 0 aromatic heterocycles. The zero-order valence-corrected chi connectivity index (χ0v) is 7.13. The molecule has 64 valence electrons. The Bertz CT molecular complexity index is 309. The minimum atomic E-state index is -0.0980. The molecule has 0 unspecified atom stereocenters. The van der Waals surface area contributed by atoms with Gasteiger partial charge in [-0.2, -0.15) is 0 Å². The minimum absolute atomic E-state index is 0.0980. The number of carbonyl (C=O) groups is 1. The lowest BCUT2D eigenvalue weighted by Gasteiger charge is -2.04. The Hall–Kier alpha value is -1.22. The molecule has 1 aromatic carbocycles. The van der Waals surface area contributed by atoms with Gasteiger partial charge < -0.3 is 9.84 Å². The molecule has 1 rings (SSSR count). The third-order valence-corrected chi connectivity index (χ3v) is 1.73. The quantitative estimate of drug-likeness (QED) is 0.718. The first-order chi connectivity index (χ1) is 5.69. The number of aldehydes is 1. The highest BCUT2D eigenvalue weighted by Gasteiger charge is 2.06. The van der Waals surface area contributed by atoms with E-state index >= 15 is 0 Å². The van der Waals surface area contributed by atoms with E-state index in [1.54, 1.807) is 0 Å². The van der Waals surface area contributed by atoms with E-state index in [1.165, 1.54) is 19.2 Å². The fourth-order valence-corrected chi connectivity index (χ4v) is 0.999. The van der Waals surface area contributed by atoms with Gasteiger partial charge in [-0.1, -0.05) is 11.6 Å². The van der Waals surface area contributed by atoms with Crippen molar-refractivity contribution in [1.29, 1.82) is 0 Å². The number of methoxy groups -OCH3 is 1. The smallest absolute Gasteiger partial charge is 0.153 e. The number of phenolic OH excluding ortho intramolecular Hbond substituents is 1. The molecule has 0 aliphatic heterocycles. The van der Waals surface area contributed by atoms with Crippen molar-refractivity contribution in [2.24, 2.45) is 0 Å². The Morgan fingerprint density at radius 2 is 2.25 bits per heavy atom. The van der Waals surface area contributed by atoms with Gasteiger partial charge in [0.2, 0.25) is 0 Å². The van der Waals surface area contributed by atoms with Gasteiger partial charge in [-0.3, -0.25) is 4.79 Å². The molecule has 0 saturated heterocycles. The fourth-order valence-electron chi connectivity index (χ4n) is 0.827. The van der Waals surface area contributed by atoms with Crippen LogP contribution in [-0.4, -0.2) is 18.5 Å². The van der Waals surface area contributed by atoms with E-state index < -0.39 is 0 Å². The third kappa shape index (κ3) is 1.51. The Labute approximate surface area is 74.5 Å². The normalized spacial score (nSPS) is 9.50. The van der Waals surface area contributed by atoms with Crippen LogP contribution in [0.15, 0.2) is 12.1 Å². The van der Waals surface area contributed by atoms with Crippen LogP contribution in [0.4, 0.5) is 0 Å². The second kappa shape index (κ2) is 3.45. The number of halogens is 1. The number of carbonyl (C=O) groups excluding carboxylic acids is 1. The van der Waals surface area contributed by atoms with Gasteiger partial charge in [0.15, 0.2) is 6.29 Å². The number of hydrogen-bond acceptors (Lipinski definition) is 3. The first-order valence-electron chi connectivity index (χ1n) is 3.20. The highest BCUT2D eigenvalue weighted by atomic mass is 35.5. The van der Waals surface area contributed by atoms with Gasteiger partial charge in [-0.15, -0.1) is 0 Å². The molecule has 0 saturated carbocycles. The number of ether oxygens (including phenoxy) is 1. The number of aromatic hydroxyl groups is 1. The van der Waals surface area contributed by atoms with Crippen molar-refractivity contribution in [3.8, 4) is 11.5 Å². The van der Waals surface area contributed by atoms with E-state index in [4.69, 9.17) is 21.4 Å². The van der Waals surface area contributed by atoms with Gasteiger partial charge in [-0.05, 0) is 6.07 Å².